The first kappa shape index (κ1) is 22.1. The average molecular weight is 416 g/mol. The summed E-state index contributed by atoms with van der Waals surface area (Å²) < 4.78 is 18.5. The van der Waals surface area contributed by atoms with E-state index in [-0.39, 0.29) is 35.7 Å². The molecule has 0 spiro atoms. The summed E-state index contributed by atoms with van der Waals surface area (Å²) >= 11 is 5.57. The Bertz CT molecular complexity index is 718. The summed E-state index contributed by atoms with van der Waals surface area (Å²) in [6.45, 7) is 6.59. The summed E-state index contributed by atoms with van der Waals surface area (Å²) in [6.07, 6.45) is 1.17. The fourth-order valence-corrected chi connectivity index (χ4v) is 2.16. The lowest BCUT2D eigenvalue weighted by Crippen LogP contribution is -2.33. The van der Waals surface area contributed by atoms with Crippen molar-refractivity contribution in [2.75, 3.05) is 26.3 Å². The molecule has 0 aliphatic carbocycles. The summed E-state index contributed by atoms with van der Waals surface area (Å²) in [5.74, 6) is -1.05. The standard InChI is InChI=1S/C18H23ClFN3O5/c1-3-8-27-28-23-10-16(23)18(25)22-12(2)6-7-21-17(24)11-26-13-4-5-14(19)15(20)9-13/h4-5,9,16H,2-3,6-8,10-11H2,1H3,(H,21,24)(H,22,25). The van der Waals surface area contributed by atoms with Gasteiger partial charge in [-0.25, -0.2) is 9.28 Å². The lowest BCUT2D eigenvalue weighted by Gasteiger charge is -2.10. The van der Waals surface area contributed by atoms with Crippen molar-refractivity contribution in [3.05, 3.63) is 41.3 Å². The van der Waals surface area contributed by atoms with Crippen LogP contribution in [0.4, 0.5) is 4.39 Å². The van der Waals surface area contributed by atoms with Gasteiger partial charge in [0.05, 0.1) is 18.2 Å². The van der Waals surface area contributed by atoms with Crippen LogP contribution < -0.4 is 15.4 Å². The van der Waals surface area contributed by atoms with Gasteiger partial charge in [0.2, 0.25) is 5.91 Å². The van der Waals surface area contributed by atoms with Crippen LogP contribution in [0.2, 0.25) is 5.02 Å². The Morgan fingerprint density at radius 3 is 2.93 bits per heavy atom. The molecule has 8 nitrogen and oxygen atoms in total. The van der Waals surface area contributed by atoms with Crippen LogP contribution in [0.1, 0.15) is 19.8 Å². The molecule has 28 heavy (non-hydrogen) atoms. The third-order valence-electron chi connectivity index (χ3n) is 3.62. The Morgan fingerprint density at radius 2 is 2.21 bits per heavy atom. The van der Waals surface area contributed by atoms with E-state index in [9.17, 15) is 14.0 Å². The summed E-state index contributed by atoms with van der Waals surface area (Å²) in [4.78, 5) is 33.5. The van der Waals surface area contributed by atoms with Crippen molar-refractivity contribution >= 4 is 23.4 Å². The second kappa shape index (κ2) is 11.0. The van der Waals surface area contributed by atoms with Gasteiger partial charge < -0.3 is 15.4 Å². The van der Waals surface area contributed by atoms with E-state index in [0.29, 0.717) is 25.3 Å². The highest BCUT2D eigenvalue weighted by Crippen LogP contribution is 2.20. The van der Waals surface area contributed by atoms with Gasteiger partial charge in [-0.15, -0.1) is 10.1 Å². The minimum Gasteiger partial charge on any atom is -0.484 e. The second-order valence-electron chi connectivity index (χ2n) is 6.07. The minimum absolute atomic E-state index is 0.0215. The van der Waals surface area contributed by atoms with Crippen LogP contribution in [0.5, 0.6) is 5.75 Å². The van der Waals surface area contributed by atoms with E-state index >= 15 is 0 Å². The number of halogens is 2. The van der Waals surface area contributed by atoms with E-state index in [1.807, 2.05) is 6.92 Å². The Balaban J connectivity index is 1.57. The summed E-state index contributed by atoms with van der Waals surface area (Å²) in [7, 11) is 0. The van der Waals surface area contributed by atoms with Crippen molar-refractivity contribution in [3.8, 4) is 5.75 Å². The van der Waals surface area contributed by atoms with Gasteiger partial charge in [0.1, 0.15) is 17.6 Å². The monoisotopic (exact) mass is 415 g/mol. The van der Waals surface area contributed by atoms with Crippen molar-refractivity contribution in [3.63, 3.8) is 0 Å². The predicted molar refractivity (Wildman–Crippen MR) is 99.6 cm³/mol. The van der Waals surface area contributed by atoms with E-state index in [2.05, 4.69) is 17.2 Å². The quantitative estimate of drug-likeness (QED) is 0.235. The van der Waals surface area contributed by atoms with Crippen LogP contribution in [0, 0.1) is 5.82 Å². The Kier molecular flexibility index (Phi) is 8.65. The smallest absolute Gasteiger partial charge is 0.257 e. The first-order chi connectivity index (χ1) is 13.4. The largest absolute Gasteiger partial charge is 0.484 e. The van der Waals surface area contributed by atoms with Crippen LogP contribution >= 0.6 is 11.6 Å². The van der Waals surface area contributed by atoms with Crippen LogP contribution in [0.3, 0.4) is 0 Å². The molecular formula is C18H23ClFN3O5. The maximum atomic E-state index is 13.3. The van der Waals surface area contributed by atoms with Gasteiger partial charge in [0.15, 0.2) is 6.61 Å². The number of benzene rings is 1. The second-order valence-corrected chi connectivity index (χ2v) is 6.48. The topological polar surface area (TPSA) is 88.9 Å². The Morgan fingerprint density at radius 1 is 1.43 bits per heavy atom. The van der Waals surface area contributed by atoms with Crippen molar-refractivity contribution in [1.29, 1.82) is 0 Å². The van der Waals surface area contributed by atoms with Crippen molar-refractivity contribution in [1.82, 2.24) is 15.7 Å². The van der Waals surface area contributed by atoms with Gasteiger partial charge in [-0.2, -0.15) is 0 Å². The number of nitrogens with one attached hydrogen (secondary N) is 2. The zero-order valence-electron chi connectivity index (χ0n) is 15.5. The highest BCUT2D eigenvalue weighted by atomic mass is 35.5. The first-order valence-corrected chi connectivity index (χ1v) is 9.18. The maximum absolute atomic E-state index is 13.3. The van der Waals surface area contributed by atoms with E-state index in [1.165, 1.54) is 17.2 Å². The normalized spacial score (nSPS) is 17.7. The summed E-state index contributed by atoms with van der Waals surface area (Å²) in [5, 5.41) is 6.67. The molecule has 0 aromatic heterocycles. The molecule has 1 saturated heterocycles. The molecule has 2 atom stereocenters. The van der Waals surface area contributed by atoms with E-state index in [0.717, 1.165) is 12.5 Å². The number of carbonyl (C=O) groups is 2. The zero-order valence-corrected chi connectivity index (χ0v) is 16.3. The molecule has 1 aliphatic heterocycles. The van der Waals surface area contributed by atoms with Crippen LogP contribution in [-0.4, -0.2) is 49.2 Å². The number of ether oxygens (including phenoxy) is 1. The van der Waals surface area contributed by atoms with E-state index < -0.39 is 11.9 Å². The maximum Gasteiger partial charge on any atom is 0.257 e. The molecule has 10 heteroatoms. The third-order valence-corrected chi connectivity index (χ3v) is 3.92. The SMILES string of the molecule is C=C(CCNC(=O)COc1ccc(Cl)c(F)c1)NC(=O)C1CN1OOCCC. The van der Waals surface area contributed by atoms with Gasteiger partial charge in [0.25, 0.3) is 5.91 Å². The van der Waals surface area contributed by atoms with Gasteiger partial charge in [-0.3, -0.25) is 9.59 Å². The van der Waals surface area contributed by atoms with E-state index in [4.69, 9.17) is 26.2 Å². The number of amides is 2. The van der Waals surface area contributed by atoms with Crippen molar-refractivity contribution < 1.29 is 28.6 Å². The van der Waals surface area contributed by atoms with Crippen molar-refractivity contribution in [2.24, 2.45) is 0 Å². The number of rotatable bonds is 12. The average Bonchev–Trinajstić information content (AvgIpc) is 3.42. The molecule has 154 valence electrons. The zero-order chi connectivity index (χ0) is 20.5. The van der Waals surface area contributed by atoms with Crippen molar-refractivity contribution in [2.45, 2.75) is 25.8 Å². The van der Waals surface area contributed by atoms with Crippen LogP contribution in [0.15, 0.2) is 30.5 Å². The highest BCUT2D eigenvalue weighted by Gasteiger charge is 2.43. The highest BCUT2D eigenvalue weighted by molar-refractivity contribution is 6.30. The molecule has 1 aromatic rings. The van der Waals surface area contributed by atoms with E-state index in [1.54, 1.807) is 0 Å². The molecule has 1 heterocycles. The summed E-state index contributed by atoms with van der Waals surface area (Å²) in [5.41, 5.74) is 0.465. The van der Waals surface area contributed by atoms with Crippen LogP contribution in [-0.2, 0) is 19.5 Å². The molecule has 0 saturated carbocycles. The van der Waals surface area contributed by atoms with Gasteiger partial charge >= 0.3 is 0 Å². The molecular weight excluding hydrogens is 393 g/mol. The molecule has 2 rings (SSSR count). The molecule has 2 amide bonds. The Labute approximate surface area is 167 Å². The number of hydrogen-bond donors (Lipinski definition) is 2. The molecule has 0 radical (unpaired) electrons. The summed E-state index contributed by atoms with van der Waals surface area (Å²) in [6, 6.07) is 3.51. The van der Waals surface area contributed by atoms with Crippen LogP contribution in [0.25, 0.3) is 0 Å². The molecule has 0 bridgehead atoms. The number of carbonyl (C=O) groups excluding carboxylic acids is 2. The number of nitrogens with zero attached hydrogens (tertiary/aromatic N) is 1. The van der Waals surface area contributed by atoms with Gasteiger partial charge in [0, 0.05) is 24.7 Å². The lowest BCUT2D eigenvalue weighted by molar-refractivity contribution is -0.391. The molecule has 1 aliphatic rings. The van der Waals surface area contributed by atoms with Gasteiger partial charge in [-0.05, 0) is 18.6 Å². The molecule has 1 aromatic carbocycles. The fourth-order valence-electron chi connectivity index (χ4n) is 2.05. The predicted octanol–water partition coefficient (Wildman–Crippen LogP) is 1.95. The first-order valence-electron chi connectivity index (χ1n) is 8.80. The molecule has 1 fully saturated rings. The lowest BCUT2D eigenvalue weighted by atomic mass is 10.3. The van der Waals surface area contributed by atoms with Gasteiger partial charge in [-0.1, -0.05) is 25.1 Å². The molecule has 2 unspecified atom stereocenters. The minimum atomic E-state index is -0.622. The fraction of sp³-hybridized carbons (Fsp3) is 0.444. The number of hydrogen-bond acceptors (Lipinski definition) is 6. The number of hydroxylamine groups is 2. The molecule has 2 N–H and O–H groups in total. The Hall–Kier alpha value is -2.20. The third kappa shape index (κ3) is 7.43.